The molecular weight excluding hydrogens is 2080 g/mol. The topological polar surface area (TPSA) is 453 Å². The SMILES string of the molecule is C.COC(=O)C1=C(CN2CCO[C@H](/C=C/C(=O)O)C2)NC(c2nc(C(F)(F)F)cs2)=N[C@H]1c1ccc(F)cc1Cl.COC(=O)C1=C(CN2CCO[C@H](/C=C/C(=O)O)C2)NC(c2nc(C)cs2)=N[C@H]1c1ccc(F)cc1Cl.COC(=O)C1=C(CN2CCO[C@H](/C=C/C(=O)O)C2)NC(c2nccs2)=N[C@H]1c1ccc(F)cc1C.COC(=O)C1=C(CN2CCO[C@H](/C=C/C(=O)O)C2)NC(c2nccs2)=N[C@H]1c1ccc(F)cc1C(F)F. The van der Waals surface area contributed by atoms with Crippen LogP contribution in [0.25, 0.3) is 0 Å². The number of thiazole rings is 4. The Morgan fingerprint density at radius 3 is 1.03 bits per heavy atom. The number of nitrogens with zero attached hydrogens (tertiary/aromatic N) is 12. The van der Waals surface area contributed by atoms with Crippen molar-refractivity contribution in [3.63, 3.8) is 0 Å². The number of aryl methyl sites for hydroxylation is 2. The molecule has 0 saturated carbocycles. The van der Waals surface area contributed by atoms with Crippen LogP contribution < -0.4 is 21.3 Å². The minimum atomic E-state index is -4.67. The second kappa shape index (κ2) is 52.5. The van der Waals surface area contributed by atoms with Crippen molar-refractivity contribution in [2.45, 2.75) is 82.5 Å². The molecule has 8 aromatic rings. The largest absolute Gasteiger partial charge is 0.478 e. The summed E-state index contributed by atoms with van der Waals surface area (Å²) < 4.78 is 166. The van der Waals surface area contributed by atoms with Crippen LogP contribution >= 0.6 is 68.5 Å². The highest BCUT2D eigenvalue weighted by molar-refractivity contribution is 7.12. The number of carboxylic acid groups (broad SMARTS) is 4. The van der Waals surface area contributed by atoms with Crippen LogP contribution in [0, 0.1) is 37.1 Å². The Hall–Kier alpha value is -13.4. The number of nitrogens with one attached hydrogen (secondary N) is 4. The number of halogens is 11. The van der Waals surface area contributed by atoms with Crippen molar-refractivity contribution in [1.29, 1.82) is 0 Å². The third kappa shape index (κ3) is 30.0. The molecule has 8 aliphatic rings. The zero-order valence-corrected chi connectivity index (χ0v) is 83.3. The molecule has 0 spiro atoms. The molecule has 0 radical (unpaired) electrons. The number of hydrogen-bond donors (Lipinski definition) is 8. The van der Waals surface area contributed by atoms with Gasteiger partial charge in [0.1, 0.15) is 47.4 Å². The zero-order valence-electron chi connectivity index (χ0n) is 78.5. The molecule has 8 N–H and O–H groups in total. The van der Waals surface area contributed by atoms with Crippen LogP contribution in [0.3, 0.4) is 0 Å². The van der Waals surface area contributed by atoms with Crippen molar-refractivity contribution in [2.24, 2.45) is 20.0 Å². The first-order chi connectivity index (χ1) is 70.3. The first kappa shape index (κ1) is 113. The number of methoxy groups -OCH3 is 4. The van der Waals surface area contributed by atoms with Gasteiger partial charge < -0.3 is 79.6 Å². The van der Waals surface area contributed by atoms with Gasteiger partial charge in [-0.3, -0.25) is 39.6 Å². The summed E-state index contributed by atoms with van der Waals surface area (Å²) in [5, 5.41) is 56.3. The summed E-state index contributed by atoms with van der Waals surface area (Å²) >= 11 is 17.5. The monoisotopic (exact) mass is 2170 g/mol. The van der Waals surface area contributed by atoms with Crippen molar-refractivity contribution in [3.8, 4) is 0 Å². The van der Waals surface area contributed by atoms with Gasteiger partial charge in [0.05, 0.1) is 102 Å². The van der Waals surface area contributed by atoms with E-state index in [1.165, 1.54) is 122 Å². The summed E-state index contributed by atoms with van der Waals surface area (Å²) in [6, 6.07) is 10.8. The summed E-state index contributed by atoms with van der Waals surface area (Å²) in [6.07, 6.45) is 3.56. The van der Waals surface area contributed by atoms with E-state index in [-0.39, 0.29) is 99.8 Å². The van der Waals surface area contributed by atoms with Crippen molar-refractivity contribution < 1.29 is 136 Å². The number of hydrogen-bond acceptors (Lipinski definition) is 36. The van der Waals surface area contributed by atoms with Crippen molar-refractivity contribution in [3.05, 3.63) is 299 Å². The van der Waals surface area contributed by atoms with Gasteiger partial charge in [-0.1, -0.05) is 54.9 Å². The van der Waals surface area contributed by atoms with E-state index in [2.05, 4.69) is 56.1 Å². The number of aliphatic imine (C=N–C) groups is 4. The Bertz CT molecular complexity index is 6610. The van der Waals surface area contributed by atoms with Crippen LogP contribution in [0.1, 0.15) is 103 Å². The lowest BCUT2D eigenvalue weighted by Crippen LogP contribution is -2.46. The smallest absolute Gasteiger partial charge is 0.434 e. The van der Waals surface area contributed by atoms with Gasteiger partial charge in [-0.05, 0) is 103 Å². The second-order valence-electron chi connectivity index (χ2n) is 32.8. The van der Waals surface area contributed by atoms with E-state index in [0.717, 1.165) is 66.8 Å². The number of amidine groups is 4. The highest BCUT2D eigenvalue weighted by Crippen LogP contribution is 2.44. The van der Waals surface area contributed by atoms with Crippen LogP contribution in [0.2, 0.25) is 10.0 Å². The third-order valence-electron chi connectivity index (χ3n) is 22.9. The van der Waals surface area contributed by atoms with E-state index in [1.54, 1.807) is 30.8 Å². The number of carboxylic acids is 4. The van der Waals surface area contributed by atoms with E-state index >= 15 is 0 Å². The van der Waals surface area contributed by atoms with Gasteiger partial charge in [0, 0.05) is 192 Å². The zero-order chi connectivity index (χ0) is 106. The summed E-state index contributed by atoms with van der Waals surface area (Å²) in [7, 11) is 4.92. The minimum Gasteiger partial charge on any atom is -0.478 e. The summed E-state index contributed by atoms with van der Waals surface area (Å²) in [5.41, 5.74) is 3.44. The molecule has 8 aliphatic heterocycles. The normalized spacial score (nSPS) is 20.7. The molecule has 0 unspecified atom stereocenters. The van der Waals surface area contributed by atoms with Crippen LogP contribution in [-0.2, 0) is 82.4 Å². The maximum absolute atomic E-state index is 13.9. The number of carbonyl (C=O) groups is 8. The van der Waals surface area contributed by atoms with Crippen LogP contribution in [0.15, 0.2) is 220 Å². The number of ether oxygens (including phenoxy) is 8. The van der Waals surface area contributed by atoms with Crippen molar-refractivity contribution in [1.82, 2.24) is 60.8 Å². The number of benzene rings is 4. The number of esters is 4. The molecule has 148 heavy (non-hydrogen) atoms. The van der Waals surface area contributed by atoms with Crippen LogP contribution in [0.4, 0.5) is 39.5 Å². The standard InChI is InChI=1S/C24H21ClF4N4O5S.C24H24ClFN4O5S.C24H23F3N4O5S.C24H25FN4O5S.CH4/c1-37-23(36)19-16(10-33-6-7-38-13(9-33)3-5-18(34)35)30-21(22-31-17(11-39-22)24(27,28)29)32-20(19)14-4-2-12(26)8-15(14)25;1-13-12-36-23(27-13)22-28-18(11-30-7-8-35-15(10-30)4-6-19(31)32)20(24(33)34-2)21(29-22)16-5-3-14(26)9-17(16)25;1-35-24(34)19-17(12-31-7-8-36-14(11-31)3-5-18(32)33)29-22(23-28-6-9-37-23)30-20(19)15-4-2-13(25)10-16(15)21(26)27;1-14-11-15(25)3-5-17(14)21-20(24(32)33-2)18(27-22(28-21)23-26-7-10-35-23)13-29-8-9-34-16(12-29)4-6-19(30)31;/h2-5,8,11,13,20H,6-7,9-10H2,1H3,(H,30,32)(H,34,35);3-6,9,12,15,21H,7-8,10-11H2,1-2H3,(H,28,29)(H,31,32);2-6,9-10,14,20-21H,7-8,11-12H2,1H3,(H,29,30)(H,32,33);3-7,10-11,16,21H,8-9,12-13H2,1-2H3,(H,27,28)(H,30,31);1H4/b5-3+;6-4+;5-3+;6-4+;/t13-,20+;15-,21+;14-,20+;16-,21+;/m1111./s1. The first-order valence-corrected chi connectivity index (χ1v) is 48.7. The number of alkyl halides is 5. The first-order valence-electron chi connectivity index (χ1n) is 44.5. The molecule has 16 rings (SSSR count). The molecule has 8 atom stereocenters. The van der Waals surface area contributed by atoms with E-state index in [4.69, 9.17) is 91.5 Å². The molecule has 0 bridgehead atoms. The number of aromatic nitrogens is 4. The predicted octanol–water partition coefficient (Wildman–Crippen LogP) is 13.1. The lowest BCUT2D eigenvalue weighted by Gasteiger charge is -2.34. The maximum Gasteiger partial charge on any atom is 0.434 e. The molecule has 4 fully saturated rings. The molecule has 4 aromatic heterocycles. The Balaban J connectivity index is 0.000000175. The lowest BCUT2D eigenvalue weighted by molar-refractivity contribution is -0.141. The number of morpholine rings is 4. The molecule has 36 nitrogen and oxygen atoms in total. The molecule has 4 saturated heterocycles. The van der Waals surface area contributed by atoms with Crippen molar-refractivity contribution >= 4 is 140 Å². The summed E-state index contributed by atoms with van der Waals surface area (Å²) in [5.74, 6) is -8.21. The van der Waals surface area contributed by atoms with Gasteiger partial charge in [0.2, 0.25) is 0 Å². The van der Waals surface area contributed by atoms with Crippen molar-refractivity contribution in [2.75, 3.05) is 133 Å². The number of rotatable bonds is 29. The van der Waals surface area contributed by atoms with E-state index in [1.807, 2.05) is 32.4 Å². The van der Waals surface area contributed by atoms with E-state index < -0.39 is 138 Å². The summed E-state index contributed by atoms with van der Waals surface area (Å²) in [4.78, 5) is 139. The molecule has 12 heterocycles. The Morgan fingerprint density at radius 1 is 0.439 bits per heavy atom. The highest BCUT2D eigenvalue weighted by Gasteiger charge is 2.43. The number of carbonyl (C=O) groups excluding carboxylic acids is 4. The fourth-order valence-corrected chi connectivity index (χ4v) is 19.5. The molecule has 0 amide bonds. The van der Waals surface area contributed by atoms with Gasteiger partial charge >= 0.3 is 53.9 Å². The minimum absolute atomic E-state index is 0. The predicted molar refractivity (Wildman–Crippen MR) is 528 cm³/mol. The fraction of sp³-hybridized carbons (Fsp3) is 0.340. The highest BCUT2D eigenvalue weighted by atomic mass is 35.5. The van der Waals surface area contributed by atoms with Gasteiger partial charge in [-0.2, -0.15) is 13.2 Å². The lowest BCUT2D eigenvalue weighted by atomic mass is 9.91. The van der Waals surface area contributed by atoms with Crippen LogP contribution in [-0.4, -0.2) is 289 Å². The van der Waals surface area contributed by atoms with Gasteiger partial charge in [0.25, 0.3) is 6.43 Å². The Morgan fingerprint density at radius 2 is 0.743 bits per heavy atom. The van der Waals surface area contributed by atoms with Gasteiger partial charge in [0.15, 0.2) is 49.1 Å². The Kier molecular flexibility index (Phi) is 40.2. The summed E-state index contributed by atoms with van der Waals surface area (Å²) in [6.45, 7) is 9.27. The molecule has 0 aliphatic carbocycles. The van der Waals surface area contributed by atoms with Gasteiger partial charge in [-0.15, -0.1) is 45.3 Å². The van der Waals surface area contributed by atoms with E-state index in [0.29, 0.717) is 156 Å². The molecular formula is C97H97Cl2F9N16O20S4. The maximum atomic E-state index is 13.9. The van der Waals surface area contributed by atoms with Crippen LogP contribution in [0.5, 0.6) is 0 Å². The number of aliphatic carboxylic acids is 4. The van der Waals surface area contributed by atoms with E-state index in [9.17, 15) is 77.9 Å². The molecule has 4 aromatic carbocycles. The Labute approximate surface area is 865 Å². The quantitative estimate of drug-likeness (QED) is 0.00934. The fourth-order valence-electron chi connectivity index (χ4n) is 16.3. The third-order valence-corrected chi connectivity index (χ3v) is 26.9. The molecule has 51 heteroatoms. The average Bonchev–Trinajstić information content (AvgIpc) is 1.18. The average molecular weight is 2180 g/mol. The van der Waals surface area contributed by atoms with Gasteiger partial charge in [-0.25, -0.2) is 84.6 Å². The molecule has 786 valence electrons. The second-order valence-corrected chi connectivity index (χ2v) is 37.2.